The summed E-state index contributed by atoms with van der Waals surface area (Å²) in [5, 5.41) is 3.93. The summed E-state index contributed by atoms with van der Waals surface area (Å²) in [6.07, 6.45) is 2.28. The molecular formula is C8H6ClN3O2S. The summed E-state index contributed by atoms with van der Waals surface area (Å²) in [5.74, 6) is 0. The minimum absolute atomic E-state index is 0.0838. The topological polar surface area (TPSA) is 64.8 Å². The van der Waals surface area contributed by atoms with Crippen molar-refractivity contribution in [3.8, 4) is 0 Å². The molecule has 0 saturated carbocycles. The van der Waals surface area contributed by atoms with E-state index in [9.17, 15) is 8.42 Å². The van der Waals surface area contributed by atoms with Crippen molar-refractivity contribution < 1.29 is 8.42 Å². The van der Waals surface area contributed by atoms with Crippen LogP contribution in [0.5, 0.6) is 0 Å². The molecule has 78 valence electrons. The van der Waals surface area contributed by atoms with E-state index in [2.05, 4.69) is 10.1 Å². The molecule has 0 N–H and O–H groups in total. The van der Waals surface area contributed by atoms with Crippen LogP contribution in [0.15, 0.2) is 41.8 Å². The van der Waals surface area contributed by atoms with E-state index in [1.807, 2.05) is 0 Å². The number of benzene rings is 1. The molecule has 0 saturated heterocycles. The summed E-state index contributed by atoms with van der Waals surface area (Å²) in [6, 6.07) is 5.97. The molecule has 0 unspecified atom stereocenters. The second-order valence-electron chi connectivity index (χ2n) is 2.73. The molecule has 1 heterocycles. The number of hydrogen-bond acceptors (Lipinski definition) is 4. The molecule has 5 nitrogen and oxygen atoms in total. The summed E-state index contributed by atoms with van der Waals surface area (Å²) in [5.41, 5.74) is 0. The molecule has 1 aromatic heterocycles. The lowest BCUT2D eigenvalue weighted by Crippen LogP contribution is -2.13. The third-order valence-corrected chi connectivity index (χ3v) is 3.50. The van der Waals surface area contributed by atoms with E-state index in [1.165, 1.54) is 12.1 Å². The standard InChI is InChI=1S/C8H6ClN3O2S/c9-7-2-1-3-8(4-7)15(13,14)12-6-10-5-11-12/h1-6H. The van der Waals surface area contributed by atoms with Gasteiger partial charge in [-0.05, 0) is 18.2 Å². The van der Waals surface area contributed by atoms with Crippen molar-refractivity contribution in [2.75, 3.05) is 0 Å². The van der Waals surface area contributed by atoms with Crippen molar-refractivity contribution in [1.29, 1.82) is 0 Å². The fourth-order valence-corrected chi connectivity index (χ4v) is 2.40. The molecule has 2 rings (SSSR count). The van der Waals surface area contributed by atoms with Gasteiger partial charge in [0, 0.05) is 5.02 Å². The van der Waals surface area contributed by atoms with E-state index < -0.39 is 10.0 Å². The van der Waals surface area contributed by atoms with Crippen LogP contribution < -0.4 is 0 Å². The highest BCUT2D eigenvalue weighted by atomic mass is 35.5. The second-order valence-corrected chi connectivity index (χ2v) is 4.96. The molecule has 0 aliphatic rings. The SMILES string of the molecule is O=S(=O)(c1cccc(Cl)c1)n1cncn1. The molecule has 15 heavy (non-hydrogen) atoms. The summed E-state index contributed by atoms with van der Waals surface area (Å²) < 4.78 is 24.5. The van der Waals surface area contributed by atoms with Gasteiger partial charge < -0.3 is 0 Å². The van der Waals surface area contributed by atoms with Gasteiger partial charge in [0.25, 0.3) is 10.0 Å². The van der Waals surface area contributed by atoms with Gasteiger partial charge in [-0.15, -0.1) is 9.19 Å². The second kappa shape index (κ2) is 3.63. The third-order valence-electron chi connectivity index (χ3n) is 1.74. The number of halogens is 1. The third kappa shape index (κ3) is 1.86. The first-order valence-electron chi connectivity index (χ1n) is 3.96. The minimum atomic E-state index is -3.66. The largest absolute Gasteiger partial charge is 0.284 e. The molecule has 7 heteroatoms. The van der Waals surface area contributed by atoms with Crippen molar-refractivity contribution in [3.63, 3.8) is 0 Å². The van der Waals surface area contributed by atoms with Gasteiger partial charge >= 0.3 is 0 Å². The lowest BCUT2D eigenvalue weighted by Gasteiger charge is -2.02. The van der Waals surface area contributed by atoms with Crippen molar-refractivity contribution in [3.05, 3.63) is 41.9 Å². The van der Waals surface area contributed by atoms with Crippen LogP contribution >= 0.6 is 11.6 Å². The van der Waals surface area contributed by atoms with Crippen LogP contribution in [0.2, 0.25) is 5.02 Å². The highest BCUT2D eigenvalue weighted by Gasteiger charge is 2.17. The molecule has 0 radical (unpaired) electrons. The van der Waals surface area contributed by atoms with Crippen molar-refractivity contribution in [1.82, 2.24) is 14.2 Å². The van der Waals surface area contributed by atoms with Gasteiger partial charge in [0.1, 0.15) is 12.7 Å². The van der Waals surface area contributed by atoms with Gasteiger partial charge in [-0.3, -0.25) is 0 Å². The molecule has 0 aliphatic carbocycles. The molecule has 0 aliphatic heterocycles. The Morgan fingerprint density at radius 3 is 2.73 bits per heavy atom. The van der Waals surface area contributed by atoms with Gasteiger partial charge in [0.2, 0.25) is 0 Å². The Labute approximate surface area is 91.4 Å². The van der Waals surface area contributed by atoms with E-state index in [1.54, 1.807) is 12.1 Å². The van der Waals surface area contributed by atoms with E-state index in [4.69, 9.17) is 11.6 Å². The van der Waals surface area contributed by atoms with Crippen LogP contribution in [0.1, 0.15) is 0 Å². The van der Waals surface area contributed by atoms with E-state index >= 15 is 0 Å². The molecule has 0 amide bonds. The van der Waals surface area contributed by atoms with Gasteiger partial charge in [-0.2, -0.15) is 8.42 Å². The van der Waals surface area contributed by atoms with Crippen molar-refractivity contribution in [2.24, 2.45) is 0 Å². The number of rotatable bonds is 2. The molecular weight excluding hydrogens is 238 g/mol. The van der Waals surface area contributed by atoms with Crippen molar-refractivity contribution in [2.45, 2.75) is 4.90 Å². The number of hydrogen-bond donors (Lipinski definition) is 0. The summed E-state index contributed by atoms with van der Waals surface area (Å²) in [7, 11) is -3.66. The van der Waals surface area contributed by atoms with Crippen LogP contribution in [0, 0.1) is 0 Å². The van der Waals surface area contributed by atoms with E-state index in [0.29, 0.717) is 5.02 Å². The Morgan fingerprint density at radius 1 is 1.33 bits per heavy atom. The average molecular weight is 244 g/mol. The smallest absolute Gasteiger partial charge is 0.222 e. The van der Waals surface area contributed by atoms with Crippen LogP contribution in [0.3, 0.4) is 0 Å². The fraction of sp³-hybridized carbons (Fsp3) is 0. The molecule has 1 aromatic carbocycles. The van der Waals surface area contributed by atoms with Gasteiger partial charge in [-0.25, -0.2) is 4.98 Å². The maximum absolute atomic E-state index is 11.8. The Balaban J connectivity index is 2.57. The normalized spacial score (nSPS) is 11.5. The molecule has 0 atom stereocenters. The van der Waals surface area contributed by atoms with E-state index in [-0.39, 0.29) is 4.90 Å². The van der Waals surface area contributed by atoms with E-state index in [0.717, 1.165) is 16.7 Å². The van der Waals surface area contributed by atoms with Gasteiger partial charge in [0.05, 0.1) is 4.90 Å². The predicted molar refractivity (Wildman–Crippen MR) is 54.1 cm³/mol. The Kier molecular flexibility index (Phi) is 2.45. The van der Waals surface area contributed by atoms with Crippen LogP contribution in [0.4, 0.5) is 0 Å². The number of aromatic nitrogens is 3. The molecule has 0 bridgehead atoms. The summed E-state index contributed by atoms with van der Waals surface area (Å²) in [4.78, 5) is 3.66. The highest BCUT2D eigenvalue weighted by molar-refractivity contribution is 7.89. The maximum Gasteiger partial charge on any atom is 0.284 e. The Bertz CT molecular complexity index is 565. The van der Waals surface area contributed by atoms with Crippen LogP contribution in [-0.2, 0) is 10.0 Å². The zero-order chi connectivity index (χ0) is 10.9. The zero-order valence-corrected chi connectivity index (χ0v) is 8.98. The first-order chi connectivity index (χ1) is 7.10. The molecule has 2 aromatic rings. The predicted octanol–water partition coefficient (Wildman–Crippen LogP) is 1.17. The van der Waals surface area contributed by atoms with Crippen LogP contribution in [0.25, 0.3) is 0 Å². The quantitative estimate of drug-likeness (QED) is 0.794. The molecule has 0 fully saturated rings. The Hall–Kier alpha value is -1.40. The fourth-order valence-electron chi connectivity index (χ4n) is 1.06. The van der Waals surface area contributed by atoms with Crippen molar-refractivity contribution >= 4 is 21.6 Å². The molecule has 0 spiro atoms. The summed E-state index contributed by atoms with van der Waals surface area (Å²) >= 11 is 5.70. The van der Waals surface area contributed by atoms with Crippen LogP contribution in [-0.4, -0.2) is 22.6 Å². The zero-order valence-electron chi connectivity index (χ0n) is 7.41. The number of nitrogens with zero attached hydrogens (tertiary/aromatic N) is 3. The first-order valence-corrected chi connectivity index (χ1v) is 5.78. The van der Waals surface area contributed by atoms with Gasteiger partial charge in [0.15, 0.2) is 0 Å². The minimum Gasteiger partial charge on any atom is -0.222 e. The monoisotopic (exact) mass is 243 g/mol. The highest BCUT2D eigenvalue weighted by Crippen LogP contribution is 2.16. The lowest BCUT2D eigenvalue weighted by molar-refractivity contribution is 0.580. The summed E-state index contributed by atoms with van der Waals surface area (Å²) in [6.45, 7) is 0. The first kappa shape index (κ1) is 10.1. The maximum atomic E-state index is 11.8. The average Bonchev–Trinajstić information content (AvgIpc) is 2.71. The lowest BCUT2D eigenvalue weighted by atomic mass is 10.4. The van der Waals surface area contributed by atoms with Gasteiger partial charge in [-0.1, -0.05) is 17.7 Å². The Morgan fingerprint density at radius 2 is 2.13 bits per heavy atom.